The Morgan fingerprint density at radius 1 is 1.32 bits per heavy atom. The third kappa shape index (κ3) is 2.72. The molecule has 0 fully saturated rings. The molecular weight excluding hydrogens is 360 g/mol. The maximum absolute atomic E-state index is 12.6. The Kier molecular flexibility index (Phi) is 4.50. The lowest BCUT2D eigenvalue weighted by molar-refractivity contribution is 0.353. The summed E-state index contributed by atoms with van der Waals surface area (Å²) in [6.07, 6.45) is 1.43. The first kappa shape index (κ1) is 18.4. The normalized spacial score (nSPS) is 17.5. The molecule has 1 aromatic carbocycles. The number of fused-ring (bicyclic) bond motifs is 3. The summed E-state index contributed by atoms with van der Waals surface area (Å²) in [7, 11) is 1.63. The number of ether oxygens (including phenoxy) is 1. The van der Waals surface area contributed by atoms with Gasteiger partial charge in [-0.2, -0.15) is 0 Å². The molecule has 3 aromatic rings. The summed E-state index contributed by atoms with van der Waals surface area (Å²) < 4.78 is 6.59. The molecular formula is C20H24N4O4. The van der Waals surface area contributed by atoms with Crippen molar-refractivity contribution in [1.29, 1.82) is 0 Å². The van der Waals surface area contributed by atoms with Gasteiger partial charge in [0.2, 0.25) is 5.88 Å². The zero-order chi connectivity index (χ0) is 20.0. The van der Waals surface area contributed by atoms with E-state index in [1.807, 2.05) is 32.0 Å². The molecule has 0 saturated carbocycles. The molecule has 2 aromatic heterocycles. The van der Waals surface area contributed by atoms with E-state index < -0.39 is 17.3 Å². The second kappa shape index (κ2) is 6.87. The quantitative estimate of drug-likeness (QED) is 0.549. The molecule has 0 amide bonds. The van der Waals surface area contributed by atoms with Crippen LogP contribution in [0.1, 0.15) is 49.2 Å². The Hall–Kier alpha value is -3.00. The van der Waals surface area contributed by atoms with Crippen molar-refractivity contribution in [2.45, 2.75) is 38.8 Å². The van der Waals surface area contributed by atoms with E-state index in [9.17, 15) is 14.7 Å². The molecule has 8 nitrogen and oxygen atoms in total. The van der Waals surface area contributed by atoms with Crippen LogP contribution >= 0.6 is 0 Å². The molecule has 2 atom stereocenters. The van der Waals surface area contributed by atoms with Gasteiger partial charge < -0.3 is 20.1 Å². The van der Waals surface area contributed by atoms with E-state index in [4.69, 9.17) is 4.74 Å². The molecule has 0 unspecified atom stereocenters. The van der Waals surface area contributed by atoms with Crippen LogP contribution in [0.25, 0.3) is 10.9 Å². The van der Waals surface area contributed by atoms with E-state index in [0.717, 1.165) is 34.3 Å². The molecule has 0 aliphatic carbocycles. The molecule has 148 valence electrons. The Bertz CT molecular complexity index is 1160. The van der Waals surface area contributed by atoms with Crippen LogP contribution in [0.3, 0.4) is 0 Å². The third-order valence-corrected chi connectivity index (χ3v) is 5.63. The fourth-order valence-electron chi connectivity index (χ4n) is 3.98. The summed E-state index contributed by atoms with van der Waals surface area (Å²) in [5.41, 5.74) is 1.81. The summed E-state index contributed by atoms with van der Waals surface area (Å²) in [5.74, 6) is 0.472. The van der Waals surface area contributed by atoms with Gasteiger partial charge in [0.1, 0.15) is 11.3 Å². The monoisotopic (exact) mass is 384 g/mol. The van der Waals surface area contributed by atoms with Crippen molar-refractivity contribution < 1.29 is 9.84 Å². The lowest BCUT2D eigenvalue weighted by atomic mass is 9.95. The molecule has 4 N–H and O–H groups in total. The Morgan fingerprint density at radius 3 is 2.82 bits per heavy atom. The third-order valence-electron chi connectivity index (χ3n) is 5.63. The predicted octanol–water partition coefficient (Wildman–Crippen LogP) is 1.94. The summed E-state index contributed by atoms with van der Waals surface area (Å²) in [6, 6.07) is 5.00. The van der Waals surface area contributed by atoms with Crippen molar-refractivity contribution in [2.75, 3.05) is 13.7 Å². The van der Waals surface area contributed by atoms with E-state index in [-0.39, 0.29) is 17.5 Å². The van der Waals surface area contributed by atoms with Crippen LogP contribution in [0, 0.1) is 0 Å². The van der Waals surface area contributed by atoms with Crippen LogP contribution in [0.4, 0.5) is 0 Å². The molecule has 0 saturated heterocycles. The van der Waals surface area contributed by atoms with Gasteiger partial charge in [0.25, 0.3) is 5.56 Å². The molecule has 0 bridgehead atoms. The number of methoxy groups -OCH3 is 1. The van der Waals surface area contributed by atoms with Crippen LogP contribution in [0.2, 0.25) is 0 Å². The number of hydrogen-bond donors (Lipinski definition) is 4. The van der Waals surface area contributed by atoms with E-state index in [0.29, 0.717) is 13.0 Å². The van der Waals surface area contributed by atoms with Crippen LogP contribution < -0.4 is 21.3 Å². The van der Waals surface area contributed by atoms with Crippen LogP contribution in [-0.4, -0.2) is 33.3 Å². The Labute approximate surface area is 161 Å². The second-order valence-corrected chi connectivity index (χ2v) is 7.19. The van der Waals surface area contributed by atoms with E-state index in [1.165, 1.54) is 4.57 Å². The van der Waals surface area contributed by atoms with Crippen molar-refractivity contribution in [3.05, 3.63) is 55.9 Å². The van der Waals surface area contributed by atoms with Crippen molar-refractivity contribution in [3.8, 4) is 11.6 Å². The summed E-state index contributed by atoms with van der Waals surface area (Å²) in [5, 5.41) is 15.2. The van der Waals surface area contributed by atoms with Crippen molar-refractivity contribution in [1.82, 2.24) is 19.9 Å². The zero-order valence-electron chi connectivity index (χ0n) is 16.1. The topological polar surface area (TPSA) is 112 Å². The van der Waals surface area contributed by atoms with Gasteiger partial charge in [-0.3, -0.25) is 14.3 Å². The van der Waals surface area contributed by atoms with Crippen molar-refractivity contribution >= 4 is 10.9 Å². The van der Waals surface area contributed by atoms with E-state index >= 15 is 0 Å². The minimum atomic E-state index is -0.599. The van der Waals surface area contributed by atoms with Gasteiger partial charge in [-0.25, -0.2) is 4.79 Å². The lowest BCUT2D eigenvalue weighted by Crippen LogP contribution is -2.39. The van der Waals surface area contributed by atoms with Gasteiger partial charge in [0.15, 0.2) is 0 Å². The molecule has 8 heteroatoms. The first-order valence-electron chi connectivity index (χ1n) is 9.45. The highest BCUT2D eigenvalue weighted by molar-refractivity contribution is 5.86. The van der Waals surface area contributed by atoms with E-state index in [1.54, 1.807) is 7.11 Å². The minimum absolute atomic E-state index is 0.152. The van der Waals surface area contributed by atoms with Crippen molar-refractivity contribution in [3.63, 3.8) is 0 Å². The highest BCUT2D eigenvalue weighted by Crippen LogP contribution is 2.36. The fraction of sp³-hybridized carbons (Fsp3) is 0.400. The van der Waals surface area contributed by atoms with Gasteiger partial charge in [-0.1, -0.05) is 6.92 Å². The van der Waals surface area contributed by atoms with Crippen molar-refractivity contribution in [2.24, 2.45) is 0 Å². The molecule has 28 heavy (non-hydrogen) atoms. The number of benzene rings is 1. The Balaban J connectivity index is 1.94. The van der Waals surface area contributed by atoms with E-state index in [2.05, 4.69) is 15.3 Å². The maximum Gasteiger partial charge on any atom is 0.331 e. The molecule has 3 heterocycles. The molecule has 1 aliphatic heterocycles. The number of H-pyrrole nitrogens is 2. The lowest BCUT2D eigenvalue weighted by Gasteiger charge is -2.26. The predicted molar refractivity (Wildman–Crippen MR) is 106 cm³/mol. The van der Waals surface area contributed by atoms with Gasteiger partial charge in [-0.05, 0) is 43.5 Å². The maximum atomic E-state index is 12.6. The zero-order valence-corrected chi connectivity index (χ0v) is 16.1. The van der Waals surface area contributed by atoms with Gasteiger partial charge in [0.05, 0.1) is 13.2 Å². The highest BCUT2D eigenvalue weighted by Gasteiger charge is 2.31. The van der Waals surface area contributed by atoms with Crippen LogP contribution in [-0.2, 0) is 6.42 Å². The average molecular weight is 384 g/mol. The number of aromatic nitrogens is 3. The number of nitrogens with one attached hydrogen (secondary N) is 3. The van der Waals surface area contributed by atoms with Crippen LogP contribution in [0.5, 0.6) is 11.6 Å². The summed E-state index contributed by atoms with van der Waals surface area (Å²) in [6.45, 7) is 4.39. The molecule has 0 spiro atoms. The number of aromatic amines is 2. The smallest absolute Gasteiger partial charge is 0.331 e. The van der Waals surface area contributed by atoms with Gasteiger partial charge >= 0.3 is 5.69 Å². The number of nitrogens with zero attached hydrogens (tertiary/aromatic N) is 1. The standard InChI is InChI=1S/C20H24N4O4/c1-4-10(2)24-19(26)15(18(25)23-20(24)27)17-16-12(7-8-21-17)13-9-11(28-3)5-6-14(13)22-16/h5-6,9-10,17,21-22,26H,4,7-8H2,1-3H3,(H,23,25,27)/t10-,17-/m1/s1. The average Bonchev–Trinajstić information content (AvgIpc) is 3.06. The first-order chi connectivity index (χ1) is 13.5. The first-order valence-corrected chi connectivity index (χ1v) is 9.45. The molecule has 1 aliphatic rings. The second-order valence-electron chi connectivity index (χ2n) is 7.19. The summed E-state index contributed by atoms with van der Waals surface area (Å²) >= 11 is 0. The minimum Gasteiger partial charge on any atom is -0.497 e. The summed E-state index contributed by atoms with van der Waals surface area (Å²) in [4.78, 5) is 30.6. The fourth-order valence-corrected chi connectivity index (χ4v) is 3.98. The number of rotatable bonds is 4. The van der Waals surface area contributed by atoms with Crippen LogP contribution in [0.15, 0.2) is 27.8 Å². The highest BCUT2D eigenvalue weighted by atomic mass is 16.5. The van der Waals surface area contributed by atoms with Gasteiger partial charge in [0, 0.05) is 29.2 Å². The molecule has 4 rings (SSSR count). The molecule has 0 radical (unpaired) electrons. The number of hydrogen-bond acceptors (Lipinski definition) is 5. The largest absolute Gasteiger partial charge is 0.497 e. The SMILES string of the molecule is CC[C@@H](C)n1c(O)c([C@H]2NCCc3c2[nH]c2ccc(OC)cc32)c(=O)[nH]c1=O. The Morgan fingerprint density at radius 2 is 2.11 bits per heavy atom. The number of aromatic hydroxyl groups is 1. The van der Waals surface area contributed by atoms with Gasteiger partial charge in [-0.15, -0.1) is 0 Å².